The molecule has 0 atom stereocenters. The average molecular weight is 445 g/mol. The molecule has 170 valence electrons. The van der Waals surface area contributed by atoms with Crippen molar-refractivity contribution >= 4 is 34.9 Å². The van der Waals surface area contributed by atoms with E-state index in [1.807, 2.05) is 54.1 Å². The lowest BCUT2D eigenvalue weighted by molar-refractivity contribution is 0.242. The van der Waals surface area contributed by atoms with Crippen LogP contribution in [0.2, 0.25) is 0 Å². The molecular formula is C25H28N6O2. The molecule has 0 saturated heterocycles. The van der Waals surface area contributed by atoms with Crippen molar-refractivity contribution in [3.05, 3.63) is 59.3 Å². The molecule has 1 fully saturated rings. The normalized spacial score (nSPS) is 15.8. The topological polar surface area (TPSA) is 96.6 Å². The lowest BCUT2D eigenvalue weighted by Gasteiger charge is -2.44. The number of rotatable bonds is 5. The molecule has 2 amide bonds. The number of aryl methyl sites for hydroxylation is 2. The Morgan fingerprint density at radius 2 is 1.91 bits per heavy atom. The number of benzene rings is 2. The van der Waals surface area contributed by atoms with Crippen molar-refractivity contribution in [2.75, 3.05) is 28.0 Å². The number of nitrogens with one attached hydrogen (secondary N) is 1. The highest BCUT2D eigenvalue weighted by molar-refractivity contribution is 6.06. The quantitative estimate of drug-likeness (QED) is 0.542. The van der Waals surface area contributed by atoms with E-state index < -0.39 is 0 Å². The van der Waals surface area contributed by atoms with E-state index >= 15 is 0 Å². The van der Waals surface area contributed by atoms with Gasteiger partial charge < -0.3 is 15.8 Å². The molecule has 2 heterocycles. The minimum atomic E-state index is -0.0284. The Kier molecular flexibility index (Phi) is 5.28. The molecule has 2 aromatic carbocycles. The van der Waals surface area contributed by atoms with E-state index in [4.69, 9.17) is 15.5 Å². The molecule has 0 bridgehead atoms. The number of methoxy groups -OCH3 is 1. The molecular weight excluding hydrogens is 416 g/mol. The van der Waals surface area contributed by atoms with E-state index in [0.717, 1.165) is 41.6 Å². The molecule has 1 aromatic heterocycles. The van der Waals surface area contributed by atoms with Crippen LogP contribution in [-0.4, -0.2) is 29.2 Å². The molecule has 8 heteroatoms. The number of hydrogen-bond acceptors (Lipinski definition) is 6. The van der Waals surface area contributed by atoms with Gasteiger partial charge in [-0.1, -0.05) is 18.2 Å². The van der Waals surface area contributed by atoms with Crippen LogP contribution in [0, 0.1) is 13.8 Å². The first-order valence-corrected chi connectivity index (χ1v) is 11.2. The Bertz CT molecular complexity index is 1200. The zero-order valence-corrected chi connectivity index (χ0v) is 19.1. The lowest BCUT2D eigenvalue weighted by Crippen LogP contribution is -2.54. The first kappa shape index (κ1) is 21.1. The molecule has 8 nitrogen and oxygen atoms in total. The zero-order chi connectivity index (χ0) is 23.1. The number of fused-ring (bicyclic) bond motifs is 1. The highest BCUT2D eigenvalue weighted by Gasteiger charge is 2.40. The Labute approximate surface area is 193 Å². The van der Waals surface area contributed by atoms with Crippen LogP contribution in [0.25, 0.3) is 0 Å². The van der Waals surface area contributed by atoms with Gasteiger partial charge in [-0.15, -0.1) is 0 Å². The summed E-state index contributed by atoms with van der Waals surface area (Å²) >= 11 is 0. The van der Waals surface area contributed by atoms with E-state index in [9.17, 15) is 4.79 Å². The summed E-state index contributed by atoms with van der Waals surface area (Å²) in [4.78, 5) is 26.8. The van der Waals surface area contributed by atoms with Crippen molar-refractivity contribution in [2.24, 2.45) is 0 Å². The third kappa shape index (κ3) is 3.71. The molecule has 3 aromatic rings. The van der Waals surface area contributed by atoms with Gasteiger partial charge in [-0.2, -0.15) is 4.98 Å². The maximum absolute atomic E-state index is 13.8. The number of anilines is 5. The number of para-hydroxylation sites is 1. The summed E-state index contributed by atoms with van der Waals surface area (Å²) in [6.45, 7) is 4.53. The molecule has 0 spiro atoms. The summed E-state index contributed by atoms with van der Waals surface area (Å²) in [5.74, 6) is 1.69. The second kappa shape index (κ2) is 8.27. The van der Waals surface area contributed by atoms with Gasteiger partial charge in [-0.3, -0.25) is 9.80 Å². The minimum Gasteiger partial charge on any atom is -0.494 e. The second-order valence-corrected chi connectivity index (χ2v) is 8.69. The fourth-order valence-corrected chi connectivity index (χ4v) is 4.55. The zero-order valence-electron chi connectivity index (χ0n) is 19.1. The summed E-state index contributed by atoms with van der Waals surface area (Å²) in [6.07, 6.45) is 4.88. The number of hydrogen-bond donors (Lipinski definition) is 2. The number of nitrogens with two attached hydrogens (primary N) is 1. The standard InChI is InChI=1S/C25H28N6O2/c1-15-6-4-7-16(2)22(15)30-14-17-13-27-24(28-20-11-10-18(26)12-21(20)33-3)29-23(17)31(25(30)32)19-8-5-9-19/h4,6-7,10-13,19H,5,8-9,14,26H2,1-3H3,(H,27,28,29). The lowest BCUT2D eigenvalue weighted by atomic mass is 9.90. The van der Waals surface area contributed by atoms with Crippen LogP contribution < -0.4 is 25.6 Å². The fourth-order valence-electron chi connectivity index (χ4n) is 4.55. The number of ether oxygens (including phenoxy) is 1. The minimum absolute atomic E-state index is 0.0284. The first-order chi connectivity index (χ1) is 16.0. The van der Waals surface area contributed by atoms with Gasteiger partial charge in [0.2, 0.25) is 5.95 Å². The van der Waals surface area contributed by atoms with E-state index in [2.05, 4.69) is 10.3 Å². The Balaban J connectivity index is 1.54. The third-order valence-corrected chi connectivity index (χ3v) is 6.46. The number of nitrogen functional groups attached to an aromatic ring is 1. The van der Waals surface area contributed by atoms with Crippen molar-refractivity contribution in [1.29, 1.82) is 0 Å². The summed E-state index contributed by atoms with van der Waals surface area (Å²) in [5, 5.41) is 3.22. The predicted molar refractivity (Wildman–Crippen MR) is 130 cm³/mol. The molecule has 33 heavy (non-hydrogen) atoms. The summed E-state index contributed by atoms with van der Waals surface area (Å²) < 4.78 is 5.43. The van der Waals surface area contributed by atoms with Crippen LogP contribution in [0.4, 0.5) is 33.6 Å². The van der Waals surface area contributed by atoms with Crippen LogP contribution in [0.1, 0.15) is 36.0 Å². The monoisotopic (exact) mass is 444 g/mol. The molecule has 3 N–H and O–H groups in total. The van der Waals surface area contributed by atoms with Crippen molar-refractivity contribution in [3.8, 4) is 5.75 Å². The van der Waals surface area contributed by atoms with Crippen LogP contribution >= 0.6 is 0 Å². The predicted octanol–water partition coefficient (Wildman–Crippen LogP) is 4.93. The number of urea groups is 1. The van der Waals surface area contributed by atoms with Gasteiger partial charge in [-0.25, -0.2) is 9.78 Å². The molecule has 5 rings (SSSR count). The van der Waals surface area contributed by atoms with E-state index in [1.54, 1.807) is 19.2 Å². The smallest absolute Gasteiger partial charge is 0.330 e. The number of nitrogens with zero attached hydrogens (tertiary/aromatic N) is 4. The average Bonchev–Trinajstić information content (AvgIpc) is 2.76. The van der Waals surface area contributed by atoms with E-state index in [0.29, 0.717) is 35.4 Å². The fraction of sp³-hybridized carbons (Fsp3) is 0.320. The Morgan fingerprint density at radius 3 is 2.58 bits per heavy atom. The van der Waals surface area contributed by atoms with Gasteiger partial charge in [0, 0.05) is 29.6 Å². The Morgan fingerprint density at radius 1 is 1.15 bits per heavy atom. The molecule has 1 saturated carbocycles. The van der Waals surface area contributed by atoms with Crippen molar-refractivity contribution in [2.45, 2.75) is 45.7 Å². The first-order valence-electron chi connectivity index (χ1n) is 11.2. The SMILES string of the molecule is COc1cc(N)ccc1Nc1ncc2c(n1)N(C1CCC1)C(=O)N(c1c(C)cccc1C)C2. The number of carbonyl (C=O) groups is 1. The van der Waals surface area contributed by atoms with Crippen molar-refractivity contribution < 1.29 is 9.53 Å². The summed E-state index contributed by atoms with van der Waals surface area (Å²) in [5.41, 5.74) is 11.2. The van der Waals surface area contributed by atoms with Crippen molar-refractivity contribution in [3.63, 3.8) is 0 Å². The summed E-state index contributed by atoms with van der Waals surface area (Å²) in [7, 11) is 1.59. The highest BCUT2D eigenvalue weighted by Crippen LogP contribution is 2.39. The van der Waals surface area contributed by atoms with E-state index in [-0.39, 0.29) is 12.1 Å². The number of aromatic nitrogens is 2. The van der Waals surface area contributed by atoms with Crippen LogP contribution in [0.5, 0.6) is 5.75 Å². The van der Waals surface area contributed by atoms with E-state index in [1.165, 1.54) is 0 Å². The maximum atomic E-state index is 13.8. The van der Waals surface area contributed by atoms with Gasteiger partial charge in [0.05, 0.1) is 25.0 Å². The van der Waals surface area contributed by atoms with Gasteiger partial charge in [0.25, 0.3) is 0 Å². The number of amides is 2. The summed E-state index contributed by atoms with van der Waals surface area (Å²) in [6, 6.07) is 11.6. The van der Waals surface area contributed by atoms with Gasteiger partial charge in [0.1, 0.15) is 11.6 Å². The van der Waals surface area contributed by atoms with Gasteiger partial charge >= 0.3 is 6.03 Å². The maximum Gasteiger partial charge on any atom is 0.330 e. The molecule has 0 radical (unpaired) electrons. The number of carbonyl (C=O) groups excluding carboxylic acids is 1. The highest BCUT2D eigenvalue weighted by atomic mass is 16.5. The molecule has 1 aliphatic heterocycles. The van der Waals surface area contributed by atoms with Crippen molar-refractivity contribution in [1.82, 2.24) is 9.97 Å². The molecule has 1 aliphatic carbocycles. The molecule has 2 aliphatic rings. The molecule has 0 unspecified atom stereocenters. The van der Waals surface area contributed by atoms with Crippen LogP contribution in [0.15, 0.2) is 42.6 Å². The second-order valence-electron chi connectivity index (χ2n) is 8.69. The van der Waals surface area contributed by atoms with Crippen LogP contribution in [-0.2, 0) is 6.54 Å². The van der Waals surface area contributed by atoms with Gasteiger partial charge in [-0.05, 0) is 56.4 Å². The van der Waals surface area contributed by atoms with Gasteiger partial charge in [0.15, 0.2) is 0 Å². The van der Waals surface area contributed by atoms with Crippen LogP contribution in [0.3, 0.4) is 0 Å². The third-order valence-electron chi connectivity index (χ3n) is 6.46. The largest absolute Gasteiger partial charge is 0.494 e. The Hall–Kier alpha value is -3.81.